The molecule has 1 saturated heterocycles. The molecule has 5 nitrogen and oxygen atoms in total. The zero-order valence-electron chi connectivity index (χ0n) is 15.5. The molecule has 0 radical (unpaired) electrons. The molecule has 1 aromatic carbocycles. The summed E-state index contributed by atoms with van der Waals surface area (Å²) in [5, 5.41) is 8.16. The molecule has 0 spiro atoms. The van der Waals surface area contributed by atoms with Crippen LogP contribution in [0.5, 0.6) is 0 Å². The van der Waals surface area contributed by atoms with Gasteiger partial charge in [0.25, 0.3) is 5.91 Å². The van der Waals surface area contributed by atoms with E-state index in [4.69, 9.17) is 5.10 Å². The number of halogens is 1. The molecular weight excluding hydrogens is 348 g/mol. The van der Waals surface area contributed by atoms with Crippen molar-refractivity contribution < 1.29 is 4.79 Å². The van der Waals surface area contributed by atoms with Gasteiger partial charge in [0.05, 0.1) is 5.69 Å². The van der Waals surface area contributed by atoms with E-state index in [0.29, 0.717) is 5.69 Å². The Hall–Kier alpha value is -1.85. The largest absolute Gasteiger partial charge is 0.336 e. The molecule has 4 rings (SSSR count). The van der Waals surface area contributed by atoms with Gasteiger partial charge in [0.1, 0.15) is 0 Å². The number of rotatable bonds is 2. The van der Waals surface area contributed by atoms with Crippen LogP contribution in [0.2, 0.25) is 0 Å². The van der Waals surface area contributed by atoms with Crippen molar-refractivity contribution in [3.05, 3.63) is 46.3 Å². The van der Waals surface area contributed by atoms with Gasteiger partial charge < -0.3 is 10.2 Å². The summed E-state index contributed by atoms with van der Waals surface area (Å²) in [6, 6.07) is 6.42. The number of nitrogens with one attached hydrogen (secondary N) is 1. The quantitative estimate of drug-likeness (QED) is 0.879. The molecule has 2 heterocycles. The Morgan fingerprint density at radius 1 is 1.12 bits per heavy atom. The minimum atomic E-state index is 0. The maximum absolute atomic E-state index is 13.1. The van der Waals surface area contributed by atoms with Crippen LogP contribution in [0.4, 0.5) is 0 Å². The van der Waals surface area contributed by atoms with Gasteiger partial charge in [0.2, 0.25) is 0 Å². The first-order valence-corrected chi connectivity index (χ1v) is 9.33. The molecule has 1 aliphatic heterocycles. The molecule has 1 N–H and O–H groups in total. The van der Waals surface area contributed by atoms with Gasteiger partial charge >= 0.3 is 0 Å². The minimum absolute atomic E-state index is 0. The average molecular weight is 375 g/mol. The lowest BCUT2D eigenvalue weighted by molar-refractivity contribution is 0.0759. The fourth-order valence-corrected chi connectivity index (χ4v) is 4.05. The fourth-order valence-electron chi connectivity index (χ4n) is 4.05. The number of aryl methyl sites for hydroxylation is 2. The second-order valence-electron chi connectivity index (χ2n) is 7.22. The number of aromatic nitrogens is 2. The van der Waals surface area contributed by atoms with Crippen molar-refractivity contribution in [3.63, 3.8) is 0 Å². The molecule has 2 aliphatic rings. The van der Waals surface area contributed by atoms with Gasteiger partial charge in [-0.3, -0.25) is 4.79 Å². The van der Waals surface area contributed by atoms with Crippen molar-refractivity contribution in [2.75, 3.05) is 26.2 Å². The van der Waals surface area contributed by atoms with E-state index in [9.17, 15) is 4.79 Å². The summed E-state index contributed by atoms with van der Waals surface area (Å²) in [6.45, 7) is 7.66. The number of fused-ring (bicyclic) bond motifs is 1. The molecule has 140 valence electrons. The first kappa shape index (κ1) is 18.9. The topological polar surface area (TPSA) is 50.2 Å². The summed E-state index contributed by atoms with van der Waals surface area (Å²) in [5.41, 5.74) is 6.62. The van der Waals surface area contributed by atoms with Gasteiger partial charge in [0, 0.05) is 30.9 Å². The van der Waals surface area contributed by atoms with Crippen LogP contribution >= 0.6 is 12.4 Å². The molecule has 1 aromatic heterocycles. The molecule has 2 aromatic rings. The third kappa shape index (κ3) is 3.38. The maximum atomic E-state index is 13.1. The van der Waals surface area contributed by atoms with E-state index in [2.05, 4.69) is 37.4 Å². The van der Waals surface area contributed by atoms with Gasteiger partial charge in [-0.15, -0.1) is 12.4 Å². The summed E-state index contributed by atoms with van der Waals surface area (Å²) < 4.78 is 2.03. The highest BCUT2D eigenvalue weighted by atomic mass is 35.5. The van der Waals surface area contributed by atoms with Crippen LogP contribution in [0.1, 0.15) is 45.7 Å². The Morgan fingerprint density at radius 3 is 2.77 bits per heavy atom. The number of benzene rings is 1. The highest BCUT2D eigenvalue weighted by Crippen LogP contribution is 2.30. The average Bonchev–Trinajstić information content (AvgIpc) is 3.08. The van der Waals surface area contributed by atoms with Crippen LogP contribution in [0, 0.1) is 13.8 Å². The van der Waals surface area contributed by atoms with Crippen molar-refractivity contribution in [1.29, 1.82) is 0 Å². The van der Waals surface area contributed by atoms with Crippen molar-refractivity contribution in [2.45, 2.75) is 39.5 Å². The number of carbonyl (C=O) groups excluding carboxylic acids is 1. The summed E-state index contributed by atoms with van der Waals surface area (Å²) in [5.74, 6) is 0.102. The first-order chi connectivity index (χ1) is 12.1. The van der Waals surface area contributed by atoms with Gasteiger partial charge in [-0.05, 0) is 57.7 Å². The molecule has 6 heteroatoms. The number of carbonyl (C=O) groups is 1. The molecule has 0 saturated carbocycles. The molecule has 26 heavy (non-hydrogen) atoms. The van der Waals surface area contributed by atoms with E-state index >= 15 is 0 Å². The third-order valence-corrected chi connectivity index (χ3v) is 5.34. The Bertz CT molecular complexity index is 806. The van der Waals surface area contributed by atoms with Gasteiger partial charge in [-0.25, -0.2) is 4.68 Å². The number of hydrogen-bond acceptors (Lipinski definition) is 3. The zero-order valence-corrected chi connectivity index (χ0v) is 16.4. The van der Waals surface area contributed by atoms with E-state index in [1.54, 1.807) is 0 Å². The van der Waals surface area contributed by atoms with Gasteiger partial charge in [0.15, 0.2) is 5.69 Å². The van der Waals surface area contributed by atoms with E-state index in [-0.39, 0.29) is 18.3 Å². The highest BCUT2D eigenvalue weighted by Gasteiger charge is 2.30. The van der Waals surface area contributed by atoms with Gasteiger partial charge in [-0.2, -0.15) is 5.10 Å². The van der Waals surface area contributed by atoms with Crippen LogP contribution in [0.15, 0.2) is 18.2 Å². The SMILES string of the molecule is Cc1ccc(-n2nc(C(=O)N3CCCNCC3)c3c2CCC3)c(C)c1.Cl. The second-order valence-corrected chi connectivity index (χ2v) is 7.22. The number of nitrogens with zero attached hydrogens (tertiary/aromatic N) is 3. The summed E-state index contributed by atoms with van der Waals surface area (Å²) in [7, 11) is 0. The molecule has 1 fully saturated rings. The van der Waals surface area contributed by atoms with Crippen molar-refractivity contribution in [2.24, 2.45) is 0 Å². The predicted octanol–water partition coefficient (Wildman–Crippen LogP) is 2.84. The van der Waals surface area contributed by atoms with Crippen LogP contribution in [-0.2, 0) is 12.8 Å². The molecule has 1 aliphatic carbocycles. The summed E-state index contributed by atoms with van der Waals surface area (Å²) >= 11 is 0. The van der Waals surface area contributed by atoms with E-state index in [0.717, 1.165) is 57.5 Å². The number of amides is 1. The Kier molecular flexibility index (Phi) is 5.68. The molecule has 0 bridgehead atoms. The molecule has 1 amide bonds. The van der Waals surface area contributed by atoms with Crippen LogP contribution in [0.25, 0.3) is 5.69 Å². The Balaban J connectivity index is 0.00000196. The third-order valence-electron chi connectivity index (χ3n) is 5.34. The van der Waals surface area contributed by atoms with E-state index in [1.165, 1.54) is 22.4 Å². The smallest absolute Gasteiger partial charge is 0.274 e. The lowest BCUT2D eigenvalue weighted by Gasteiger charge is -2.19. The van der Waals surface area contributed by atoms with Crippen LogP contribution in [-0.4, -0.2) is 46.8 Å². The first-order valence-electron chi connectivity index (χ1n) is 9.33. The highest BCUT2D eigenvalue weighted by molar-refractivity contribution is 5.94. The van der Waals surface area contributed by atoms with E-state index < -0.39 is 0 Å². The maximum Gasteiger partial charge on any atom is 0.274 e. The zero-order chi connectivity index (χ0) is 17.4. The molecule has 0 atom stereocenters. The molecular formula is C20H27ClN4O. The summed E-state index contributed by atoms with van der Waals surface area (Å²) in [4.78, 5) is 15.1. The van der Waals surface area contributed by atoms with Crippen molar-refractivity contribution in [3.8, 4) is 5.69 Å². The lowest BCUT2D eigenvalue weighted by atomic mass is 10.1. The van der Waals surface area contributed by atoms with Crippen molar-refractivity contribution >= 4 is 18.3 Å². The Morgan fingerprint density at radius 2 is 1.96 bits per heavy atom. The minimum Gasteiger partial charge on any atom is -0.336 e. The van der Waals surface area contributed by atoms with Crippen LogP contribution in [0.3, 0.4) is 0 Å². The predicted molar refractivity (Wildman–Crippen MR) is 106 cm³/mol. The van der Waals surface area contributed by atoms with Gasteiger partial charge in [-0.1, -0.05) is 17.7 Å². The Labute approximate surface area is 161 Å². The molecule has 0 unspecified atom stereocenters. The monoisotopic (exact) mass is 374 g/mol. The summed E-state index contributed by atoms with van der Waals surface area (Å²) in [6.07, 6.45) is 4.09. The lowest BCUT2D eigenvalue weighted by Crippen LogP contribution is -2.35. The van der Waals surface area contributed by atoms with Crippen molar-refractivity contribution in [1.82, 2.24) is 20.0 Å². The number of hydrogen-bond donors (Lipinski definition) is 1. The van der Waals surface area contributed by atoms with E-state index in [1.807, 2.05) is 9.58 Å². The van der Waals surface area contributed by atoms with Crippen LogP contribution < -0.4 is 5.32 Å². The second kappa shape index (κ2) is 7.80. The standard InChI is InChI=1S/C20H26N4O.ClH/c1-14-7-8-17(15(2)13-14)24-18-6-3-5-16(18)19(22-24)20(25)23-11-4-9-21-10-12-23;/h7-8,13,21H,3-6,9-12H2,1-2H3;1H. The normalized spacial score (nSPS) is 16.8. The fraction of sp³-hybridized carbons (Fsp3) is 0.500.